The van der Waals surface area contributed by atoms with Gasteiger partial charge in [0, 0.05) is 12.2 Å². The molecule has 1 aromatic heterocycles. The molecule has 0 aliphatic carbocycles. The predicted octanol–water partition coefficient (Wildman–Crippen LogP) is 4.64. The lowest BCUT2D eigenvalue weighted by molar-refractivity contribution is -0.118. The molecule has 2 atom stereocenters. The van der Waals surface area contributed by atoms with Gasteiger partial charge in [-0.15, -0.1) is 0 Å². The third-order valence-corrected chi connectivity index (χ3v) is 4.53. The van der Waals surface area contributed by atoms with Crippen molar-refractivity contribution in [3.05, 3.63) is 95.1 Å². The van der Waals surface area contributed by atoms with Crippen LogP contribution >= 0.6 is 11.6 Å². The van der Waals surface area contributed by atoms with Gasteiger partial charge in [0.05, 0.1) is 11.1 Å². The molecule has 0 saturated carbocycles. The molecule has 0 saturated heterocycles. The van der Waals surface area contributed by atoms with Gasteiger partial charge in [-0.3, -0.25) is 10.1 Å². The van der Waals surface area contributed by atoms with E-state index in [1.165, 1.54) is 11.8 Å². The van der Waals surface area contributed by atoms with Crippen LogP contribution in [0.4, 0.5) is 5.82 Å². The van der Waals surface area contributed by atoms with Crippen molar-refractivity contribution in [2.75, 3.05) is 5.32 Å². The van der Waals surface area contributed by atoms with E-state index < -0.39 is 6.04 Å². The molecule has 0 radical (unpaired) electrons. The first-order chi connectivity index (χ1) is 13.1. The van der Waals surface area contributed by atoms with Gasteiger partial charge in [-0.2, -0.15) is 0 Å². The van der Waals surface area contributed by atoms with Gasteiger partial charge >= 0.3 is 0 Å². The summed E-state index contributed by atoms with van der Waals surface area (Å²) in [5.74, 6) is 0.344. The van der Waals surface area contributed by atoms with Crippen LogP contribution in [-0.2, 0) is 11.2 Å². The molecule has 0 aliphatic rings. The van der Waals surface area contributed by atoms with E-state index in [1.807, 2.05) is 43.3 Å². The second kappa shape index (κ2) is 9.31. The summed E-state index contributed by atoms with van der Waals surface area (Å²) in [7, 11) is 0. The first kappa shape index (κ1) is 19.1. The number of carbonyl (C=O) groups is 1. The van der Waals surface area contributed by atoms with Crippen molar-refractivity contribution in [1.29, 1.82) is 0 Å². The van der Waals surface area contributed by atoms with Crippen LogP contribution < -0.4 is 10.6 Å². The summed E-state index contributed by atoms with van der Waals surface area (Å²) in [6, 6.07) is 23.4. The average Bonchev–Trinajstić information content (AvgIpc) is 2.70. The zero-order chi connectivity index (χ0) is 19.1. The minimum absolute atomic E-state index is 0.0209. The molecule has 4 nitrogen and oxygen atoms in total. The highest BCUT2D eigenvalue weighted by Gasteiger charge is 2.20. The van der Waals surface area contributed by atoms with Gasteiger partial charge in [0.1, 0.15) is 5.82 Å². The molecular formula is C22H22ClN3O. The second-order valence-corrected chi connectivity index (χ2v) is 6.83. The normalized spacial score (nSPS) is 13.0. The lowest BCUT2D eigenvalue weighted by atomic mass is 9.98. The van der Waals surface area contributed by atoms with Crippen molar-refractivity contribution in [1.82, 2.24) is 10.3 Å². The van der Waals surface area contributed by atoms with Gasteiger partial charge in [0.15, 0.2) is 0 Å². The van der Waals surface area contributed by atoms with Crippen molar-refractivity contribution >= 4 is 23.3 Å². The lowest BCUT2D eigenvalue weighted by Gasteiger charge is -2.23. The van der Waals surface area contributed by atoms with E-state index in [-0.39, 0.29) is 11.9 Å². The van der Waals surface area contributed by atoms with Crippen LogP contribution in [0, 0.1) is 0 Å². The van der Waals surface area contributed by atoms with Crippen molar-refractivity contribution in [2.45, 2.75) is 25.4 Å². The largest absolute Gasteiger partial charge is 0.309 e. The fraction of sp³-hybridized carbons (Fsp3) is 0.182. The molecule has 2 N–H and O–H groups in total. The molecule has 2 aromatic carbocycles. The van der Waals surface area contributed by atoms with E-state index in [4.69, 9.17) is 11.6 Å². The number of carbonyl (C=O) groups excluding carboxylic acids is 1. The molecule has 1 heterocycles. The van der Waals surface area contributed by atoms with E-state index in [9.17, 15) is 4.79 Å². The second-order valence-electron chi connectivity index (χ2n) is 6.39. The number of hydrogen-bond donors (Lipinski definition) is 2. The summed E-state index contributed by atoms with van der Waals surface area (Å²) in [4.78, 5) is 16.7. The third-order valence-electron chi connectivity index (χ3n) is 4.31. The Hall–Kier alpha value is -2.69. The third kappa shape index (κ3) is 5.64. The maximum absolute atomic E-state index is 12.6. The van der Waals surface area contributed by atoms with Crippen LogP contribution in [0.5, 0.6) is 0 Å². The Labute approximate surface area is 164 Å². The molecule has 0 bridgehead atoms. The predicted molar refractivity (Wildman–Crippen MR) is 110 cm³/mol. The maximum Gasteiger partial charge on any atom is 0.242 e. The molecule has 0 aliphatic heterocycles. The first-order valence-electron chi connectivity index (χ1n) is 8.89. The quantitative estimate of drug-likeness (QED) is 0.629. The molecule has 0 spiro atoms. The highest BCUT2D eigenvalue weighted by molar-refractivity contribution is 6.30. The summed E-state index contributed by atoms with van der Waals surface area (Å²) in [6.07, 6.45) is 2.30. The Kier molecular flexibility index (Phi) is 6.58. The van der Waals surface area contributed by atoms with Crippen LogP contribution in [0.25, 0.3) is 0 Å². The molecule has 138 valence electrons. The Balaban J connectivity index is 1.70. The molecule has 1 amide bonds. The molecule has 3 aromatic rings. The standard InChI is InChI=1S/C22H22ClN3O/c1-16(22(27)26-21-13-12-19(23)15-24-21)25-20(18-10-6-3-7-11-18)14-17-8-4-2-5-9-17/h2-13,15-16,20,25H,14H2,1H3,(H,24,26,27)/t16-,20+/m0/s1. The number of nitrogens with zero attached hydrogens (tertiary/aromatic N) is 1. The average molecular weight is 380 g/mol. The van der Waals surface area contributed by atoms with Gasteiger partial charge in [-0.1, -0.05) is 72.3 Å². The number of aromatic nitrogens is 1. The van der Waals surface area contributed by atoms with Gasteiger partial charge in [0.25, 0.3) is 0 Å². The summed E-state index contributed by atoms with van der Waals surface area (Å²) in [6.45, 7) is 1.85. The maximum atomic E-state index is 12.6. The molecule has 3 rings (SSSR count). The van der Waals surface area contributed by atoms with Crippen molar-refractivity contribution in [3.8, 4) is 0 Å². The summed E-state index contributed by atoms with van der Waals surface area (Å²) >= 11 is 5.84. The van der Waals surface area contributed by atoms with E-state index in [1.54, 1.807) is 12.1 Å². The number of nitrogens with one attached hydrogen (secondary N) is 2. The molecular weight excluding hydrogens is 358 g/mol. The van der Waals surface area contributed by atoms with Gasteiger partial charge in [0.2, 0.25) is 5.91 Å². The van der Waals surface area contributed by atoms with Crippen molar-refractivity contribution in [3.63, 3.8) is 0 Å². The highest BCUT2D eigenvalue weighted by Crippen LogP contribution is 2.19. The minimum Gasteiger partial charge on any atom is -0.309 e. The van der Waals surface area contributed by atoms with Crippen LogP contribution in [0.1, 0.15) is 24.1 Å². The zero-order valence-electron chi connectivity index (χ0n) is 15.1. The number of benzene rings is 2. The number of halogens is 1. The summed E-state index contributed by atoms with van der Waals surface area (Å²) in [5, 5.41) is 6.80. The summed E-state index contributed by atoms with van der Waals surface area (Å²) < 4.78 is 0. The molecule has 5 heteroatoms. The SMILES string of the molecule is C[C@H](N[C@H](Cc1ccccc1)c1ccccc1)C(=O)Nc1ccc(Cl)cn1. The number of amides is 1. The van der Waals surface area contributed by atoms with Gasteiger partial charge < -0.3 is 5.32 Å². The fourth-order valence-corrected chi connectivity index (χ4v) is 2.98. The highest BCUT2D eigenvalue weighted by atomic mass is 35.5. The minimum atomic E-state index is -0.392. The van der Waals surface area contributed by atoms with Crippen LogP contribution in [0.15, 0.2) is 79.0 Å². The van der Waals surface area contributed by atoms with Gasteiger partial charge in [-0.25, -0.2) is 4.98 Å². The first-order valence-corrected chi connectivity index (χ1v) is 9.27. The van der Waals surface area contributed by atoms with E-state index in [2.05, 4.69) is 39.9 Å². The van der Waals surface area contributed by atoms with E-state index in [0.29, 0.717) is 10.8 Å². The Morgan fingerprint density at radius 1 is 1.00 bits per heavy atom. The zero-order valence-corrected chi connectivity index (χ0v) is 15.9. The van der Waals surface area contributed by atoms with Crippen molar-refractivity contribution in [2.24, 2.45) is 0 Å². The Bertz CT molecular complexity index is 854. The van der Waals surface area contributed by atoms with Gasteiger partial charge in [-0.05, 0) is 36.6 Å². The molecule has 0 unspecified atom stereocenters. The van der Waals surface area contributed by atoms with E-state index >= 15 is 0 Å². The molecule has 27 heavy (non-hydrogen) atoms. The Morgan fingerprint density at radius 3 is 2.30 bits per heavy atom. The number of anilines is 1. The van der Waals surface area contributed by atoms with Crippen LogP contribution in [0.3, 0.4) is 0 Å². The number of pyridine rings is 1. The van der Waals surface area contributed by atoms with Crippen molar-refractivity contribution < 1.29 is 4.79 Å². The van der Waals surface area contributed by atoms with E-state index in [0.717, 1.165) is 12.0 Å². The summed E-state index contributed by atoms with van der Waals surface area (Å²) in [5.41, 5.74) is 2.36. The number of hydrogen-bond acceptors (Lipinski definition) is 3. The van der Waals surface area contributed by atoms with Crippen LogP contribution in [-0.4, -0.2) is 16.9 Å². The topological polar surface area (TPSA) is 54.0 Å². The smallest absolute Gasteiger partial charge is 0.242 e. The Morgan fingerprint density at radius 2 is 1.67 bits per heavy atom. The fourth-order valence-electron chi connectivity index (χ4n) is 2.87. The molecule has 0 fully saturated rings. The van der Waals surface area contributed by atoms with Crippen LogP contribution in [0.2, 0.25) is 5.02 Å². The lowest BCUT2D eigenvalue weighted by Crippen LogP contribution is -2.41. The number of rotatable bonds is 7. The monoisotopic (exact) mass is 379 g/mol.